The summed E-state index contributed by atoms with van der Waals surface area (Å²) in [6.07, 6.45) is 7.71. The highest BCUT2D eigenvalue weighted by atomic mass is 16.5. The molecule has 2 N–H and O–H groups in total. The zero-order chi connectivity index (χ0) is 17.2. The quantitative estimate of drug-likeness (QED) is 0.345. The van der Waals surface area contributed by atoms with E-state index in [2.05, 4.69) is 34.4 Å². The van der Waals surface area contributed by atoms with E-state index in [1.807, 2.05) is 7.05 Å². The number of aliphatic imine (C=N–C) groups is 1. The van der Waals surface area contributed by atoms with Gasteiger partial charge in [0.25, 0.3) is 0 Å². The summed E-state index contributed by atoms with van der Waals surface area (Å²) in [7, 11) is 1.85. The molecule has 1 saturated carbocycles. The van der Waals surface area contributed by atoms with Gasteiger partial charge in [-0.3, -0.25) is 9.89 Å². The van der Waals surface area contributed by atoms with Crippen molar-refractivity contribution in [2.24, 2.45) is 16.8 Å². The molecule has 5 heteroatoms. The van der Waals surface area contributed by atoms with Crippen LogP contribution in [-0.4, -0.2) is 63.3 Å². The van der Waals surface area contributed by atoms with E-state index in [-0.39, 0.29) is 0 Å². The van der Waals surface area contributed by atoms with Crippen LogP contribution in [0.4, 0.5) is 0 Å². The highest BCUT2D eigenvalue weighted by Gasteiger charge is 2.23. The molecule has 0 amide bonds. The Morgan fingerprint density at radius 3 is 2.58 bits per heavy atom. The van der Waals surface area contributed by atoms with Crippen LogP contribution in [0.3, 0.4) is 0 Å². The maximum Gasteiger partial charge on any atom is 0.191 e. The Morgan fingerprint density at radius 1 is 1.21 bits per heavy atom. The third-order valence-electron chi connectivity index (χ3n) is 4.94. The van der Waals surface area contributed by atoms with Crippen LogP contribution in [-0.2, 0) is 4.74 Å². The van der Waals surface area contributed by atoms with Crippen molar-refractivity contribution in [3.05, 3.63) is 0 Å². The average molecular weight is 339 g/mol. The predicted molar refractivity (Wildman–Crippen MR) is 102 cm³/mol. The van der Waals surface area contributed by atoms with E-state index >= 15 is 0 Å². The third kappa shape index (κ3) is 7.84. The normalized spacial score (nSPS) is 20.6. The molecule has 1 aliphatic carbocycles. The molecule has 1 saturated heterocycles. The number of rotatable bonds is 11. The molecule has 1 unspecified atom stereocenters. The van der Waals surface area contributed by atoms with E-state index in [1.54, 1.807) is 0 Å². The molecule has 0 spiro atoms. The van der Waals surface area contributed by atoms with Gasteiger partial charge in [-0.2, -0.15) is 0 Å². The lowest BCUT2D eigenvalue weighted by Crippen LogP contribution is -2.47. The highest BCUT2D eigenvalue weighted by Crippen LogP contribution is 2.28. The number of hydrogen-bond donors (Lipinski definition) is 2. The van der Waals surface area contributed by atoms with E-state index in [1.165, 1.54) is 45.2 Å². The molecule has 1 heterocycles. The molecule has 0 aromatic carbocycles. The van der Waals surface area contributed by atoms with Crippen LogP contribution in [0.25, 0.3) is 0 Å². The van der Waals surface area contributed by atoms with Gasteiger partial charge in [0.05, 0.1) is 0 Å². The van der Waals surface area contributed by atoms with Gasteiger partial charge in [0, 0.05) is 39.4 Å². The number of hydrogen-bond acceptors (Lipinski definition) is 3. The average Bonchev–Trinajstić information content (AvgIpc) is 3.22. The second-order valence-electron chi connectivity index (χ2n) is 7.78. The Bertz CT molecular complexity index is 362. The SMILES string of the molecule is CN=C(NCCCOCC1CC1)NCC(CC(C)C)N1CCCC1. The van der Waals surface area contributed by atoms with E-state index in [9.17, 15) is 0 Å². The van der Waals surface area contributed by atoms with Crippen molar-refractivity contribution in [1.82, 2.24) is 15.5 Å². The van der Waals surface area contributed by atoms with Crippen molar-refractivity contribution in [1.29, 1.82) is 0 Å². The largest absolute Gasteiger partial charge is 0.381 e. The van der Waals surface area contributed by atoms with Crippen LogP contribution in [0.2, 0.25) is 0 Å². The molecule has 1 atom stereocenters. The molecular formula is C19H38N4O. The highest BCUT2D eigenvalue weighted by molar-refractivity contribution is 5.79. The van der Waals surface area contributed by atoms with Crippen molar-refractivity contribution in [3.63, 3.8) is 0 Å². The number of guanidine groups is 1. The first-order valence-corrected chi connectivity index (χ1v) is 9.95. The van der Waals surface area contributed by atoms with E-state index in [0.29, 0.717) is 6.04 Å². The fraction of sp³-hybridized carbons (Fsp3) is 0.947. The molecule has 0 radical (unpaired) electrons. The Morgan fingerprint density at radius 2 is 1.96 bits per heavy atom. The zero-order valence-electron chi connectivity index (χ0n) is 16.0. The maximum atomic E-state index is 5.68. The Hall–Kier alpha value is -0.810. The minimum absolute atomic E-state index is 0.618. The van der Waals surface area contributed by atoms with Crippen molar-refractivity contribution in [3.8, 4) is 0 Å². The topological polar surface area (TPSA) is 48.9 Å². The van der Waals surface area contributed by atoms with Crippen LogP contribution in [0, 0.1) is 11.8 Å². The lowest BCUT2D eigenvalue weighted by molar-refractivity contribution is 0.123. The molecule has 2 aliphatic rings. The van der Waals surface area contributed by atoms with Crippen LogP contribution in [0.1, 0.15) is 52.4 Å². The summed E-state index contributed by atoms with van der Waals surface area (Å²) < 4.78 is 5.68. The van der Waals surface area contributed by atoms with Crippen molar-refractivity contribution < 1.29 is 4.74 Å². The van der Waals surface area contributed by atoms with Crippen LogP contribution in [0.5, 0.6) is 0 Å². The fourth-order valence-electron chi connectivity index (χ4n) is 3.36. The van der Waals surface area contributed by atoms with E-state index in [0.717, 1.165) is 50.5 Å². The first-order valence-electron chi connectivity index (χ1n) is 9.95. The predicted octanol–water partition coefficient (Wildman–Crippen LogP) is 2.48. The number of nitrogens with zero attached hydrogens (tertiary/aromatic N) is 2. The lowest BCUT2D eigenvalue weighted by Gasteiger charge is -2.29. The first-order chi connectivity index (χ1) is 11.7. The Labute approximate surface area is 148 Å². The van der Waals surface area contributed by atoms with Crippen molar-refractivity contribution >= 4 is 5.96 Å². The van der Waals surface area contributed by atoms with Gasteiger partial charge in [0.2, 0.25) is 0 Å². The summed E-state index contributed by atoms with van der Waals surface area (Å²) in [4.78, 5) is 7.00. The fourth-order valence-corrected chi connectivity index (χ4v) is 3.36. The van der Waals surface area contributed by atoms with E-state index < -0.39 is 0 Å². The van der Waals surface area contributed by atoms with Gasteiger partial charge in [-0.15, -0.1) is 0 Å². The summed E-state index contributed by atoms with van der Waals surface area (Å²) in [6, 6.07) is 0.618. The van der Waals surface area contributed by atoms with E-state index in [4.69, 9.17) is 4.74 Å². The summed E-state index contributed by atoms with van der Waals surface area (Å²) in [5, 5.41) is 6.94. The molecule has 24 heavy (non-hydrogen) atoms. The summed E-state index contributed by atoms with van der Waals surface area (Å²) in [6.45, 7) is 10.9. The van der Waals surface area contributed by atoms with Crippen LogP contribution in [0.15, 0.2) is 4.99 Å². The lowest BCUT2D eigenvalue weighted by atomic mass is 10.0. The molecule has 0 aromatic heterocycles. The van der Waals surface area contributed by atoms with Gasteiger partial charge in [0.1, 0.15) is 0 Å². The first kappa shape index (κ1) is 19.5. The number of nitrogens with one attached hydrogen (secondary N) is 2. The second-order valence-corrected chi connectivity index (χ2v) is 7.78. The van der Waals surface area contributed by atoms with Crippen LogP contribution >= 0.6 is 0 Å². The summed E-state index contributed by atoms with van der Waals surface area (Å²) in [5.74, 6) is 2.51. The van der Waals surface area contributed by atoms with Crippen molar-refractivity contribution in [2.75, 3.05) is 46.4 Å². The minimum atomic E-state index is 0.618. The number of likely N-dealkylation sites (tertiary alicyclic amines) is 1. The molecule has 140 valence electrons. The molecule has 1 aliphatic heterocycles. The van der Waals surface area contributed by atoms with Gasteiger partial charge in [-0.1, -0.05) is 13.8 Å². The van der Waals surface area contributed by atoms with Gasteiger partial charge < -0.3 is 15.4 Å². The van der Waals surface area contributed by atoms with Crippen molar-refractivity contribution in [2.45, 2.75) is 58.4 Å². The monoisotopic (exact) mass is 338 g/mol. The molecular weight excluding hydrogens is 300 g/mol. The van der Waals surface area contributed by atoms with Gasteiger partial charge >= 0.3 is 0 Å². The smallest absolute Gasteiger partial charge is 0.191 e. The number of ether oxygens (including phenoxy) is 1. The molecule has 2 rings (SSSR count). The maximum absolute atomic E-state index is 5.68. The second kappa shape index (κ2) is 10.9. The standard InChI is InChI=1S/C19H38N4O/c1-16(2)13-18(23-10-4-5-11-23)14-22-19(20-3)21-9-6-12-24-15-17-7-8-17/h16-18H,4-15H2,1-3H3,(H2,20,21,22). The van der Waals surface area contributed by atoms with Gasteiger partial charge in [-0.25, -0.2) is 0 Å². The van der Waals surface area contributed by atoms with Gasteiger partial charge in [0.15, 0.2) is 5.96 Å². The van der Waals surface area contributed by atoms with Crippen LogP contribution < -0.4 is 10.6 Å². The summed E-state index contributed by atoms with van der Waals surface area (Å²) >= 11 is 0. The third-order valence-corrected chi connectivity index (χ3v) is 4.94. The Kier molecular flexibility index (Phi) is 8.89. The molecule has 5 nitrogen and oxygen atoms in total. The zero-order valence-corrected chi connectivity index (χ0v) is 16.0. The Balaban J connectivity index is 1.60. The molecule has 0 aromatic rings. The molecule has 0 bridgehead atoms. The minimum Gasteiger partial charge on any atom is -0.381 e. The molecule has 2 fully saturated rings. The summed E-state index contributed by atoms with van der Waals surface area (Å²) in [5.41, 5.74) is 0. The van der Waals surface area contributed by atoms with Gasteiger partial charge in [-0.05, 0) is 63.5 Å².